The SMILES string of the molecule is Clc1cc2c3c(ccc2s1)C(I)=NOC3. The number of nitrogens with zero attached hydrogens (tertiary/aromatic N) is 1. The predicted octanol–water partition coefficient (Wildman–Crippen LogP) is 4.18. The Morgan fingerprint density at radius 2 is 2.33 bits per heavy atom. The van der Waals surface area contributed by atoms with Crippen molar-refractivity contribution in [3.8, 4) is 0 Å². The molecule has 0 amide bonds. The number of hydrogen-bond donors (Lipinski definition) is 0. The summed E-state index contributed by atoms with van der Waals surface area (Å²) in [5.74, 6) is 0. The third-order valence-electron chi connectivity index (χ3n) is 2.36. The molecule has 0 unspecified atom stereocenters. The number of hydrogen-bond acceptors (Lipinski definition) is 3. The molecule has 1 aliphatic rings. The van der Waals surface area contributed by atoms with E-state index in [4.69, 9.17) is 16.4 Å². The number of oxime groups is 1. The van der Waals surface area contributed by atoms with Crippen LogP contribution in [0.4, 0.5) is 0 Å². The average molecular weight is 350 g/mol. The van der Waals surface area contributed by atoms with Gasteiger partial charge in [-0.3, -0.25) is 0 Å². The number of fused-ring (bicyclic) bond motifs is 3. The molecule has 1 aromatic carbocycles. The van der Waals surface area contributed by atoms with E-state index in [2.05, 4.69) is 39.9 Å². The second kappa shape index (κ2) is 3.61. The van der Waals surface area contributed by atoms with Crippen LogP contribution in [0.25, 0.3) is 10.1 Å². The van der Waals surface area contributed by atoms with Crippen LogP contribution < -0.4 is 0 Å². The normalized spacial score (nSPS) is 14.7. The maximum absolute atomic E-state index is 6.01. The summed E-state index contributed by atoms with van der Waals surface area (Å²) in [7, 11) is 0. The fraction of sp³-hybridized carbons (Fsp3) is 0.100. The van der Waals surface area contributed by atoms with Crippen molar-refractivity contribution < 1.29 is 4.84 Å². The highest BCUT2D eigenvalue weighted by atomic mass is 127. The van der Waals surface area contributed by atoms with E-state index in [0.717, 1.165) is 13.6 Å². The van der Waals surface area contributed by atoms with Crippen molar-refractivity contribution in [3.05, 3.63) is 33.7 Å². The summed E-state index contributed by atoms with van der Waals surface area (Å²) in [6.07, 6.45) is 0. The summed E-state index contributed by atoms with van der Waals surface area (Å²) < 4.78 is 2.92. The van der Waals surface area contributed by atoms with Crippen LogP contribution in [-0.2, 0) is 11.4 Å². The van der Waals surface area contributed by atoms with E-state index in [0.29, 0.717) is 6.61 Å². The Morgan fingerprint density at radius 1 is 1.47 bits per heavy atom. The average Bonchev–Trinajstić information content (AvgIpc) is 2.59. The maximum Gasteiger partial charge on any atom is 0.148 e. The zero-order valence-corrected chi connectivity index (χ0v) is 11.2. The summed E-state index contributed by atoms with van der Waals surface area (Å²) in [4.78, 5) is 5.17. The van der Waals surface area contributed by atoms with Crippen LogP contribution in [0.2, 0.25) is 4.34 Å². The molecule has 2 nitrogen and oxygen atoms in total. The van der Waals surface area contributed by atoms with Crippen LogP contribution in [0, 0.1) is 0 Å². The lowest BCUT2D eigenvalue weighted by Crippen LogP contribution is -2.05. The van der Waals surface area contributed by atoms with Crippen LogP contribution in [0.5, 0.6) is 0 Å². The van der Waals surface area contributed by atoms with Crippen molar-refractivity contribution >= 4 is 59.3 Å². The van der Waals surface area contributed by atoms with Crippen molar-refractivity contribution in [2.24, 2.45) is 5.16 Å². The van der Waals surface area contributed by atoms with Gasteiger partial charge in [-0.1, -0.05) is 22.8 Å². The summed E-state index contributed by atoms with van der Waals surface area (Å²) in [6, 6.07) is 6.17. The Bertz CT molecular complexity index is 578. The molecule has 2 heterocycles. The van der Waals surface area contributed by atoms with Crippen LogP contribution in [0.1, 0.15) is 11.1 Å². The largest absolute Gasteiger partial charge is 0.390 e. The van der Waals surface area contributed by atoms with Crippen molar-refractivity contribution in [1.82, 2.24) is 0 Å². The van der Waals surface area contributed by atoms with Crippen LogP contribution in [-0.4, -0.2) is 3.72 Å². The van der Waals surface area contributed by atoms with Gasteiger partial charge in [0.25, 0.3) is 0 Å². The molecule has 0 atom stereocenters. The van der Waals surface area contributed by atoms with Gasteiger partial charge in [-0.15, -0.1) is 11.3 Å². The maximum atomic E-state index is 6.01. The van der Waals surface area contributed by atoms with Gasteiger partial charge in [0.1, 0.15) is 10.3 Å². The van der Waals surface area contributed by atoms with E-state index < -0.39 is 0 Å². The molecule has 0 saturated heterocycles. The standard InChI is InChI=1S/C10H5ClINOS/c11-9-3-6-7-4-14-13-10(12)5(7)1-2-8(6)15-9/h1-3H,4H2. The Balaban J connectivity index is 2.38. The van der Waals surface area contributed by atoms with E-state index in [1.807, 2.05) is 6.07 Å². The monoisotopic (exact) mass is 349 g/mol. The minimum Gasteiger partial charge on any atom is -0.390 e. The van der Waals surface area contributed by atoms with E-state index in [9.17, 15) is 0 Å². The smallest absolute Gasteiger partial charge is 0.148 e. The lowest BCUT2D eigenvalue weighted by molar-refractivity contribution is 0.128. The van der Waals surface area contributed by atoms with Gasteiger partial charge in [-0.05, 0) is 34.7 Å². The van der Waals surface area contributed by atoms with E-state index in [1.54, 1.807) is 11.3 Å². The Hall–Kier alpha value is -0.330. The molecule has 1 aromatic heterocycles. The lowest BCUT2D eigenvalue weighted by atomic mass is 10.0. The first kappa shape index (κ1) is 9.86. The first-order valence-corrected chi connectivity index (χ1v) is 6.60. The van der Waals surface area contributed by atoms with Gasteiger partial charge >= 0.3 is 0 Å². The van der Waals surface area contributed by atoms with Gasteiger partial charge in [0.15, 0.2) is 0 Å². The molecule has 0 radical (unpaired) electrons. The topological polar surface area (TPSA) is 21.6 Å². The van der Waals surface area contributed by atoms with Crippen molar-refractivity contribution in [1.29, 1.82) is 0 Å². The zero-order chi connectivity index (χ0) is 10.4. The molecule has 0 N–H and O–H groups in total. The lowest BCUT2D eigenvalue weighted by Gasteiger charge is -2.13. The molecule has 0 bridgehead atoms. The number of halogens is 2. The fourth-order valence-electron chi connectivity index (χ4n) is 1.69. The number of thiophene rings is 1. The van der Waals surface area contributed by atoms with Crippen LogP contribution >= 0.6 is 45.5 Å². The van der Waals surface area contributed by atoms with Crippen molar-refractivity contribution in [3.63, 3.8) is 0 Å². The highest BCUT2D eigenvalue weighted by Gasteiger charge is 2.17. The molecular formula is C10H5ClINOS. The van der Waals surface area contributed by atoms with Crippen LogP contribution in [0.3, 0.4) is 0 Å². The molecule has 0 aliphatic carbocycles. The third kappa shape index (κ3) is 1.55. The molecule has 0 fully saturated rings. The Kier molecular flexibility index (Phi) is 2.37. The summed E-state index contributed by atoms with van der Waals surface area (Å²) in [6.45, 7) is 0.534. The van der Waals surface area contributed by atoms with E-state index >= 15 is 0 Å². The molecule has 2 aromatic rings. The van der Waals surface area contributed by atoms with E-state index in [1.165, 1.54) is 15.6 Å². The third-order valence-corrected chi connectivity index (χ3v) is 4.37. The minimum atomic E-state index is 0.534. The second-order valence-electron chi connectivity index (χ2n) is 3.21. The first-order chi connectivity index (χ1) is 7.25. The predicted molar refractivity (Wildman–Crippen MR) is 72.2 cm³/mol. The second-order valence-corrected chi connectivity index (χ2v) is 5.95. The molecular weight excluding hydrogens is 345 g/mol. The summed E-state index contributed by atoms with van der Waals surface area (Å²) in [5, 5.41) is 5.15. The minimum absolute atomic E-state index is 0.534. The van der Waals surface area contributed by atoms with Gasteiger partial charge < -0.3 is 4.84 Å². The van der Waals surface area contributed by atoms with E-state index in [-0.39, 0.29) is 0 Å². The van der Waals surface area contributed by atoms with Gasteiger partial charge in [0.2, 0.25) is 0 Å². The zero-order valence-electron chi connectivity index (χ0n) is 7.46. The summed E-state index contributed by atoms with van der Waals surface area (Å²) in [5.41, 5.74) is 2.35. The Labute approximate surface area is 109 Å². The van der Waals surface area contributed by atoms with Gasteiger partial charge in [-0.25, -0.2) is 0 Å². The highest BCUT2D eigenvalue weighted by molar-refractivity contribution is 14.1. The van der Waals surface area contributed by atoms with Crippen molar-refractivity contribution in [2.45, 2.75) is 6.61 Å². The van der Waals surface area contributed by atoms with Gasteiger partial charge in [-0.2, -0.15) is 0 Å². The first-order valence-electron chi connectivity index (χ1n) is 4.32. The molecule has 5 heteroatoms. The Morgan fingerprint density at radius 3 is 3.20 bits per heavy atom. The van der Waals surface area contributed by atoms with Gasteiger partial charge in [0.05, 0.1) is 4.34 Å². The molecule has 1 aliphatic heterocycles. The molecule has 76 valence electrons. The van der Waals surface area contributed by atoms with Gasteiger partial charge in [0, 0.05) is 21.2 Å². The highest BCUT2D eigenvalue weighted by Crippen LogP contribution is 2.35. The fourth-order valence-corrected chi connectivity index (χ4v) is 3.51. The summed E-state index contributed by atoms with van der Waals surface area (Å²) >= 11 is 9.78. The van der Waals surface area contributed by atoms with Crippen LogP contribution in [0.15, 0.2) is 23.4 Å². The number of rotatable bonds is 0. The molecule has 0 spiro atoms. The van der Waals surface area contributed by atoms with Crippen molar-refractivity contribution in [2.75, 3.05) is 0 Å². The molecule has 0 saturated carbocycles. The molecule has 15 heavy (non-hydrogen) atoms. The number of benzene rings is 1. The molecule has 3 rings (SSSR count). The quantitative estimate of drug-likeness (QED) is 0.654.